The molecular formula is C12H17NO2. The second-order valence-electron chi connectivity index (χ2n) is 4.34. The molecular weight excluding hydrogens is 190 g/mol. The van der Waals surface area contributed by atoms with Crippen molar-refractivity contribution in [2.75, 3.05) is 13.2 Å². The van der Waals surface area contributed by atoms with Crippen LogP contribution in [0, 0.1) is 12.8 Å². The van der Waals surface area contributed by atoms with Gasteiger partial charge in [0.1, 0.15) is 11.4 Å². The summed E-state index contributed by atoms with van der Waals surface area (Å²) in [5, 5.41) is 10.5. The minimum absolute atomic E-state index is 0.0257. The van der Waals surface area contributed by atoms with Crippen molar-refractivity contribution in [2.45, 2.75) is 19.4 Å². The van der Waals surface area contributed by atoms with Crippen LogP contribution in [-0.4, -0.2) is 18.3 Å². The molecule has 1 aliphatic heterocycles. The van der Waals surface area contributed by atoms with Gasteiger partial charge in [-0.25, -0.2) is 0 Å². The van der Waals surface area contributed by atoms with E-state index in [1.807, 2.05) is 32.0 Å². The second-order valence-corrected chi connectivity index (χ2v) is 4.34. The lowest BCUT2D eigenvalue weighted by atomic mass is 9.80. The van der Waals surface area contributed by atoms with Crippen LogP contribution in [0.4, 0.5) is 0 Å². The first kappa shape index (κ1) is 10.5. The van der Waals surface area contributed by atoms with Crippen molar-refractivity contribution >= 4 is 0 Å². The normalized spacial score (nSPS) is 29.5. The van der Waals surface area contributed by atoms with Crippen molar-refractivity contribution in [2.24, 2.45) is 11.7 Å². The monoisotopic (exact) mass is 207 g/mol. The Bertz CT molecular complexity index is 378. The first-order valence-corrected chi connectivity index (χ1v) is 5.24. The molecule has 0 fully saturated rings. The molecule has 0 amide bonds. The highest BCUT2D eigenvalue weighted by atomic mass is 16.5. The van der Waals surface area contributed by atoms with E-state index in [1.165, 1.54) is 0 Å². The fraction of sp³-hybridized carbons (Fsp3) is 0.500. The molecule has 0 aliphatic carbocycles. The van der Waals surface area contributed by atoms with Gasteiger partial charge in [0, 0.05) is 18.0 Å². The molecule has 0 saturated heterocycles. The van der Waals surface area contributed by atoms with E-state index in [1.54, 1.807) is 0 Å². The highest BCUT2D eigenvalue weighted by Crippen LogP contribution is 2.39. The molecule has 15 heavy (non-hydrogen) atoms. The summed E-state index contributed by atoms with van der Waals surface area (Å²) in [4.78, 5) is 0. The molecule has 0 bridgehead atoms. The SMILES string of the molecule is Cc1ccc2c(c1)OCC(C)C2(O)CN. The lowest BCUT2D eigenvalue weighted by Gasteiger charge is -2.38. The van der Waals surface area contributed by atoms with Crippen LogP contribution in [0.5, 0.6) is 5.75 Å². The van der Waals surface area contributed by atoms with Gasteiger partial charge in [-0.3, -0.25) is 0 Å². The molecule has 3 N–H and O–H groups in total. The van der Waals surface area contributed by atoms with Crippen LogP contribution >= 0.6 is 0 Å². The van der Waals surface area contributed by atoms with Crippen LogP contribution in [0.15, 0.2) is 18.2 Å². The lowest BCUT2D eigenvalue weighted by molar-refractivity contribution is -0.0434. The van der Waals surface area contributed by atoms with Gasteiger partial charge in [-0.1, -0.05) is 19.1 Å². The third-order valence-electron chi connectivity index (χ3n) is 3.22. The average Bonchev–Trinajstić information content (AvgIpc) is 2.23. The number of benzene rings is 1. The number of nitrogens with two attached hydrogens (primary N) is 1. The lowest BCUT2D eigenvalue weighted by Crippen LogP contribution is -2.46. The van der Waals surface area contributed by atoms with Crippen LogP contribution < -0.4 is 10.5 Å². The molecule has 0 aromatic heterocycles. The number of aryl methyl sites for hydroxylation is 1. The minimum atomic E-state index is -0.943. The van der Waals surface area contributed by atoms with Crippen molar-refractivity contribution < 1.29 is 9.84 Å². The molecule has 1 aliphatic rings. The van der Waals surface area contributed by atoms with Crippen LogP contribution in [0.25, 0.3) is 0 Å². The standard InChI is InChI=1S/C12H17NO2/c1-8-3-4-10-11(5-8)15-6-9(2)12(10,14)7-13/h3-5,9,14H,6-7,13H2,1-2H3. The summed E-state index contributed by atoms with van der Waals surface area (Å²) < 4.78 is 5.60. The second kappa shape index (κ2) is 3.51. The fourth-order valence-electron chi connectivity index (χ4n) is 2.04. The van der Waals surface area contributed by atoms with Gasteiger partial charge in [-0.2, -0.15) is 0 Å². The predicted octanol–water partition coefficient (Wildman–Crippen LogP) is 1.17. The molecule has 0 saturated carbocycles. The zero-order valence-electron chi connectivity index (χ0n) is 9.16. The molecule has 1 aromatic carbocycles. The molecule has 2 unspecified atom stereocenters. The third-order valence-corrected chi connectivity index (χ3v) is 3.22. The molecule has 0 spiro atoms. The smallest absolute Gasteiger partial charge is 0.125 e. The maximum Gasteiger partial charge on any atom is 0.125 e. The quantitative estimate of drug-likeness (QED) is 0.726. The van der Waals surface area contributed by atoms with E-state index in [-0.39, 0.29) is 12.5 Å². The topological polar surface area (TPSA) is 55.5 Å². The first-order chi connectivity index (χ1) is 7.08. The highest BCUT2D eigenvalue weighted by molar-refractivity contribution is 5.43. The number of hydrogen-bond acceptors (Lipinski definition) is 3. The molecule has 1 aromatic rings. The van der Waals surface area contributed by atoms with E-state index in [0.717, 1.165) is 16.9 Å². The van der Waals surface area contributed by atoms with Crippen molar-refractivity contribution in [3.05, 3.63) is 29.3 Å². The van der Waals surface area contributed by atoms with Gasteiger partial charge in [0.15, 0.2) is 0 Å². The molecule has 2 rings (SSSR count). The zero-order valence-corrected chi connectivity index (χ0v) is 9.16. The van der Waals surface area contributed by atoms with Crippen molar-refractivity contribution in [3.8, 4) is 5.75 Å². The van der Waals surface area contributed by atoms with Gasteiger partial charge in [0.25, 0.3) is 0 Å². The van der Waals surface area contributed by atoms with E-state index in [9.17, 15) is 5.11 Å². The van der Waals surface area contributed by atoms with E-state index >= 15 is 0 Å². The summed E-state index contributed by atoms with van der Waals surface area (Å²) >= 11 is 0. The van der Waals surface area contributed by atoms with Gasteiger partial charge in [0.2, 0.25) is 0 Å². The minimum Gasteiger partial charge on any atom is -0.493 e. The zero-order chi connectivity index (χ0) is 11.1. The van der Waals surface area contributed by atoms with Crippen molar-refractivity contribution in [1.29, 1.82) is 0 Å². The van der Waals surface area contributed by atoms with Gasteiger partial charge in [0.05, 0.1) is 6.61 Å². The Labute approximate surface area is 89.9 Å². The summed E-state index contributed by atoms with van der Waals surface area (Å²) in [7, 11) is 0. The summed E-state index contributed by atoms with van der Waals surface area (Å²) in [6, 6.07) is 5.83. The Kier molecular flexibility index (Phi) is 2.44. The maximum atomic E-state index is 10.5. The number of ether oxygens (including phenoxy) is 1. The first-order valence-electron chi connectivity index (χ1n) is 5.24. The molecule has 3 nitrogen and oxygen atoms in total. The predicted molar refractivity (Wildman–Crippen MR) is 58.8 cm³/mol. The summed E-state index contributed by atoms with van der Waals surface area (Å²) in [5.74, 6) is 0.791. The Balaban J connectivity index is 2.53. The largest absolute Gasteiger partial charge is 0.493 e. The Morgan fingerprint density at radius 3 is 3.00 bits per heavy atom. The van der Waals surface area contributed by atoms with Gasteiger partial charge in [-0.05, 0) is 18.6 Å². The fourth-order valence-corrected chi connectivity index (χ4v) is 2.04. The molecule has 3 heteroatoms. The van der Waals surface area contributed by atoms with Gasteiger partial charge >= 0.3 is 0 Å². The van der Waals surface area contributed by atoms with Crippen molar-refractivity contribution in [1.82, 2.24) is 0 Å². The van der Waals surface area contributed by atoms with E-state index in [4.69, 9.17) is 10.5 Å². The van der Waals surface area contributed by atoms with Crippen LogP contribution in [-0.2, 0) is 5.60 Å². The summed E-state index contributed by atoms with van der Waals surface area (Å²) in [6.07, 6.45) is 0. The molecule has 1 heterocycles. The third kappa shape index (κ3) is 1.52. The van der Waals surface area contributed by atoms with Gasteiger partial charge in [-0.15, -0.1) is 0 Å². The van der Waals surface area contributed by atoms with E-state index in [0.29, 0.717) is 6.61 Å². The number of hydrogen-bond donors (Lipinski definition) is 2. The van der Waals surface area contributed by atoms with Crippen molar-refractivity contribution in [3.63, 3.8) is 0 Å². The summed E-state index contributed by atoms with van der Waals surface area (Å²) in [6.45, 7) is 4.70. The van der Waals surface area contributed by atoms with Gasteiger partial charge < -0.3 is 15.6 Å². The molecule has 0 radical (unpaired) electrons. The molecule has 82 valence electrons. The number of aliphatic hydroxyl groups is 1. The number of fused-ring (bicyclic) bond motifs is 1. The average molecular weight is 207 g/mol. The highest BCUT2D eigenvalue weighted by Gasteiger charge is 2.40. The van der Waals surface area contributed by atoms with Crippen LogP contribution in [0.2, 0.25) is 0 Å². The van der Waals surface area contributed by atoms with E-state index in [2.05, 4.69) is 0 Å². The van der Waals surface area contributed by atoms with E-state index < -0.39 is 5.60 Å². The summed E-state index contributed by atoms with van der Waals surface area (Å²) in [5.41, 5.74) is 6.67. The Morgan fingerprint density at radius 2 is 2.33 bits per heavy atom. The van der Waals surface area contributed by atoms with Crippen LogP contribution in [0.1, 0.15) is 18.1 Å². The number of rotatable bonds is 1. The van der Waals surface area contributed by atoms with Crippen LogP contribution in [0.3, 0.4) is 0 Å². The Morgan fingerprint density at radius 1 is 1.60 bits per heavy atom. The Hall–Kier alpha value is -1.06. The molecule has 2 atom stereocenters. The maximum absolute atomic E-state index is 10.5.